The number of nitrogens with zero attached hydrogens (tertiary/aromatic N) is 1. The molecule has 7 heteroatoms. The molecular weight excluding hydrogens is 435 g/mol. The molecule has 1 amide bonds. The van der Waals surface area contributed by atoms with Gasteiger partial charge in [0.2, 0.25) is 11.7 Å². The fourth-order valence-corrected chi connectivity index (χ4v) is 5.00. The van der Waals surface area contributed by atoms with Gasteiger partial charge in [0.05, 0.1) is 18.3 Å². The summed E-state index contributed by atoms with van der Waals surface area (Å²) in [6, 6.07) is 16.4. The Morgan fingerprint density at radius 2 is 1.97 bits per heavy atom. The summed E-state index contributed by atoms with van der Waals surface area (Å²) in [6.45, 7) is 1.44. The summed E-state index contributed by atoms with van der Waals surface area (Å²) in [5, 5.41) is 4.05. The first-order valence-corrected chi connectivity index (χ1v) is 11.2. The van der Waals surface area contributed by atoms with Crippen LogP contribution in [-0.2, 0) is 11.3 Å². The Kier molecular flexibility index (Phi) is 4.90. The van der Waals surface area contributed by atoms with Crippen molar-refractivity contribution in [3.05, 3.63) is 83.3 Å². The molecule has 0 saturated heterocycles. The highest BCUT2D eigenvalue weighted by atomic mass is 19.1. The average molecular weight is 458 g/mol. The van der Waals surface area contributed by atoms with Gasteiger partial charge < -0.3 is 24.1 Å². The summed E-state index contributed by atoms with van der Waals surface area (Å²) >= 11 is 0. The Bertz CT molecular complexity index is 1410. The molecule has 0 aliphatic carbocycles. The van der Waals surface area contributed by atoms with Crippen LogP contribution in [0.3, 0.4) is 0 Å². The van der Waals surface area contributed by atoms with Gasteiger partial charge in [0, 0.05) is 30.5 Å². The van der Waals surface area contributed by atoms with Crippen molar-refractivity contribution in [3.63, 3.8) is 0 Å². The van der Waals surface area contributed by atoms with Crippen molar-refractivity contribution in [1.82, 2.24) is 4.57 Å². The topological polar surface area (TPSA) is 61.7 Å². The maximum Gasteiger partial charge on any atom is 0.225 e. The van der Waals surface area contributed by atoms with Crippen molar-refractivity contribution < 1.29 is 23.4 Å². The molecule has 0 fully saturated rings. The van der Waals surface area contributed by atoms with E-state index in [-0.39, 0.29) is 24.1 Å². The van der Waals surface area contributed by atoms with E-state index >= 15 is 0 Å². The third-order valence-corrected chi connectivity index (χ3v) is 6.47. The van der Waals surface area contributed by atoms with Crippen LogP contribution in [-0.4, -0.2) is 30.8 Å². The fraction of sp³-hybridized carbons (Fsp3) is 0.222. The van der Waals surface area contributed by atoms with Gasteiger partial charge in [-0.15, -0.1) is 0 Å². The average Bonchev–Trinajstić information content (AvgIpc) is 3.13. The summed E-state index contributed by atoms with van der Waals surface area (Å²) in [4.78, 5) is 12.9. The molecule has 4 aromatic rings. The number of rotatable bonds is 4. The van der Waals surface area contributed by atoms with Crippen LogP contribution in [0.2, 0.25) is 0 Å². The minimum atomic E-state index is -0.260. The fourth-order valence-electron chi connectivity index (χ4n) is 5.00. The van der Waals surface area contributed by atoms with Crippen LogP contribution in [0.5, 0.6) is 17.2 Å². The van der Waals surface area contributed by atoms with Crippen LogP contribution in [0.15, 0.2) is 60.8 Å². The maximum atomic E-state index is 13.8. The molecule has 2 aliphatic rings. The third kappa shape index (κ3) is 3.44. The molecule has 0 saturated carbocycles. The van der Waals surface area contributed by atoms with Crippen LogP contribution in [0.4, 0.5) is 10.1 Å². The van der Waals surface area contributed by atoms with Gasteiger partial charge in [-0.1, -0.05) is 18.2 Å². The third-order valence-electron chi connectivity index (χ3n) is 6.47. The van der Waals surface area contributed by atoms with Crippen LogP contribution >= 0.6 is 0 Å². The Morgan fingerprint density at radius 3 is 2.82 bits per heavy atom. The molecule has 172 valence electrons. The number of halogens is 1. The number of carbonyl (C=O) groups excluding carboxylic acids is 1. The number of benzene rings is 3. The second kappa shape index (κ2) is 8.09. The number of amides is 1. The zero-order valence-corrected chi connectivity index (χ0v) is 18.6. The lowest BCUT2D eigenvalue weighted by Gasteiger charge is -2.23. The zero-order valence-electron chi connectivity index (χ0n) is 18.6. The van der Waals surface area contributed by atoms with Crippen molar-refractivity contribution >= 4 is 22.5 Å². The van der Waals surface area contributed by atoms with Gasteiger partial charge in [0.25, 0.3) is 0 Å². The van der Waals surface area contributed by atoms with E-state index in [0.29, 0.717) is 37.0 Å². The molecule has 0 spiro atoms. The molecule has 3 heterocycles. The molecule has 1 atom stereocenters. The number of ether oxygens (including phenoxy) is 3. The normalized spacial score (nSPS) is 16.8. The second-order valence-electron chi connectivity index (χ2n) is 8.59. The number of nitrogens with one attached hydrogen (secondary N) is 1. The van der Waals surface area contributed by atoms with E-state index in [9.17, 15) is 9.18 Å². The highest BCUT2D eigenvalue weighted by Gasteiger charge is 2.30. The molecule has 6 rings (SSSR count). The number of aromatic nitrogens is 1. The van der Waals surface area contributed by atoms with Gasteiger partial charge in [-0.25, -0.2) is 4.39 Å². The molecule has 0 unspecified atom stereocenters. The molecule has 6 nitrogen and oxygen atoms in total. The summed E-state index contributed by atoms with van der Waals surface area (Å²) in [7, 11) is 1.60. The first-order valence-electron chi connectivity index (χ1n) is 11.2. The quantitative estimate of drug-likeness (QED) is 0.463. The van der Waals surface area contributed by atoms with Crippen molar-refractivity contribution in [3.8, 4) is 17.2 Å². The van der Waals surface area contributed by atoms with E-state index in [1.165, 1.54) is 6.07 Å². The van der Waals surface area contributed by atoms with Crippen molar-refractivity contribution in [1.29, 1.82) is 0 Å². The van der Waals surface area contributed by atoms with Gasteiger partial charge in [-0.05, 0) is 53.1 Å². The number of fused-ring (bicyclic) bond motifs is 1. The molecule has 1 N–H and O–H groups in total. The first kappa shape index (κ1) is 20.6. The SMILES string of the molecule is COc1cc([C@H]2CC(=O)Nc3cccc4c3c2cn4Cc2cccc(F)c2)cc2c1OCCO2. The number of hydrogen-bond acceptors (Lipinski definition) is 4. The monoisotopic (exact) mass is 458 g/mol. The predicted molar refractivity (Wildman–Crippen MR) is 127 cm³/mol. The number of carbonyl (C=O) groups is 1. The van der Waals surface area contributed by atoms with E-state index in [4.69, 9.17) is 14.2 Å². The molecule has 34 heavy (non-hydrogen) atoms. The lowest BCUT2D eigenvalue weighted by Crippen LogP contribution is -2.17. The number of hydrogen-bond donors (Lipinski definition) is 1. The Balaban J connectivity index is 1.52. The standard InChI is InChI=1S/C27H23FN2O4/c1-32-23-11-17(12-24-27(23)34-9-8-33-24)19-13-25(31)29-21-6-3-7-22-26(21)20(19)15-30(22)14-16-4-2-5-18(28)10-16/h2-7,10-12,15,19H,8-9,13-14H2,1H3,(H,29,31)/t19-/m1/s1. The minimum Gasteiger partial charge on any atom is -0.493 e. The molecule has 0 bridgehead atoms. The van der Waals surface area contributed by atoms with Gasteiger partial charge in [0.15, 0.2) is 11.5 Å². The molecule has 2 aliphatic heterocycles. The zero-order chi connectivity index (χ0) is 23.2. The van der Waals surface area contributed by atoms with Gasteiger partial charge >= 0.3 is 0 Å². The van der Waals surface area contributed by atoms with E-state index in [0.717, 1.165) is 33.3 Å². The lowest BCUT2D eigenvalue weighted by molar-refractivity contribution is -0.116. The largest absolute Gasteiger partial charge is 0.493 e. The van der Waals surface area contributed by atoms with Crippen LogP contribution in [0, 0.1) is 5.82 Å². The molecule has 1 aromatic heterocycles. The van der Waals surface area contributed by atoms with Gasteiger partial charge in [0.1, 0.15) is 19.0 Å². The Hall–Kier alpha value is -4.00. The van der Waals surface area contributed by atoms with Crippen molar-refractivity contribution in [2.24, 2.45) is 0 Å². The second-order valence-corrected chi connectivity index (χ2v) is 8.59. The predicted octanol–water partition coefficient (Wildman–Crippen LogP) is 5.08. The van der Waals surface area contributed by atoms with Crippen LogP contribution in [0.1, 0.15) is 29.0 Å². The number of methoxy groups -OCH3 is 1. The number of anilines is 1. The van der Waals surface area contributed by atoms with E-state index < -0.39 is 0 Å². The Morgan fingerprint density at radius 1 is 1.12 bits per heavy atom. The highest BCUT2D eigenvalue weighted by molar-refractivity contribution is 6.06. The summed E-state index contributed by atoms with van der Waals surface area (Å²) in [5.41, 5.74) is 4.57. The molecule has 3 aromatic carbocycles. The van der Waals surface area contributed by atoms with E-state index in [1.54, 1.807) is 19.2 Å². The maximum absolute atomic E-state index is 13.8. The molecule has 0 radical (unpaired) electrons. The Labute approximate surface area is 195 Å². The lowest BCUT2D eigenvalue weighted by atomic mass is 9.88. The molecular formula is C27H23FN2O4. The van der Waals surface area contributed by atoms with Crippen LogP contribution < -0.4 is 19.5 Å². The van der Waals surface area contributed by atoms with E-state index in [2.05, 4.69) is 16.1 Å². The highest BCUT2D eigenvalue weighted by Crippen LogP contribution is 2.46. The minimum absolute atomic E-state index is 0.0563. The van der Waals surface area contributed by atoms with Gasteiger partial charge in [-0.3, -0.25) is 4.79 Å². The summed E-state index contributed by atoms with van der Waals surface area (Å²) in [6.07, 6.45) is 2.35. The van der Waals surface area contributed by atoms with Crippen molar-refractivity contribution in [2.45, 2.75) is 18.9 Å². The van der Waals surface area contributed by atoms with Gasteiger partial charge in [-0.2, -0.15) is 0 Å². The summed E-state index contributed by atoms with van der Waals surface area (Å²) < 4.78 is 33.1. The summed E-state index contributed by atoms with van der Waals surface area (Å²) in [5.74, 6) is 1.26. The van der Waals surface area contributed by atoms with Crippen LogP contribution in [0.25, 0.3) is 10.9 Å². The van der Waals surface area contributed by atoms with Crippen molar-refractivity contribution in [2.75, 3.05) is 25.6 Å². The smallest absolute Gasteiger partial charge is 0.225 e. The first-order chi connectivity index (χ1) is 16.6. The van der Waals surface area contributed by atoms with E-state index in [1.807, 2.05) is 36.4 Å².